The molecule has 1 saturated carbocycles. The van der Waals surface area contributed by atoms with Gasteiger partial charge in [-0.3, -0.25) is 4.79 Å². The highest BCUT2D eigenvalue weighted by atomic mass is 35.5. The number of rotatable bonds is 5. The van der Waals surface area contributed by atoms with Gasteiger partial charge in [0.25, 0.3) is 10.0 Å². The SMILES string of the molecule is COC(=O)c1csc(S(=O)(=O)N2CCN(C(=O)C3CC3c3ccccc3Cl)CC2)c1. The van der Waals surface area contributed by atoms with Crippen LogP contribution in [0.5, 0.6) is 0 Å². The molecule has 2 aliphatic rings. The predicted molar refractivity (Wildman–Crippen MR) is 113 cm³/mol. The molecule has 1 amide bonds. The minimum atomic E-state index is -3.71. The van der Waals surface area contributed by atoms with Gasteiger partial charge in [0.2, 0.25) is 5.91 Å². The van der Waals surface area contributed by atoms with Crippen LogP contribution in [-0.4, -0.2) is 62.8 Å². The zero-order chi connectivity index (χ0) is 21.5. The Hall–Kier alpha value is -1.94. The van der Waals surface area contributed by atoms with Crippen molar-refractivity contribution in [3.63, 3.8) is 0 Å². The molecule has 2 unspecified atom stereocenters. The molecule has 160 valence electrons. The Balaban J connectivity index is 1.37. The molecule has 0 N–H and O–H groups in total. The highest BCUT2D eigenvalue weighted by Crippen LogP contribution is 2.50. The van der Waals surface area contributed by atoms with Crippen LogP contribution >= 0.6 is 22.9 Å². The lowest BCUT2D eigenvalue weighted by Gasteiger charge is -2.34. The van der Waals surface area contributed by atoms with E-state index in [1.165, 1.54) is 22.9 Å². The van der Waals surface area contributed by atoms with Crippen molar-refractivity contribution in [3.8, 4) is 0 Å². The number of carbonyl (C=O) groups is 2. The summed E-state index contributed by atoms with van der Waals surface area (Å²) in [5.41, 5.74) is 1.21. The van der Waals surface area contributed by atoms with Crippen molar-refractivity contribution in [2.75, 3.05) is 33.3 Å². The van der Waals surface area contributed by atoms with Crippen molar-refractivity contribution in [3.05, 3.63) is 51.9 Å². The molecule has 30 heavy (non-hydrogen) atoms. The van der Waals surface area contributed by atoms with Gasteiger partial charge in [-0.1, -0.05) is 29.8 Å². The standard InChI is InChI=1S/C20H21ClN2O5S2/c1-28-20(25)13-10-18(29-12-13)30(26,27)23-8-6-22(7-9-23)19(24)16-11-15(16)14-4-2-3-5-17(14)21/h2-5,10,12,15-16H,6-9,11H2,1H3. The Bertz CT molecular complexity index is 1080. The van der Waals surface area contributed by atoms with Gasteiger partial charge in [-0.15, -0.1) is 11.3 Å². The number of hydrogen-bond acceptors (Lipinski definition) is 6. The van der Waals surface area contributed by atoms with Crippen LogP contribution in [0.4, 0.5) is 0 Å². The Kier molecular flexibility index (Phi) is 5.89. The van der Waals surface area contributed by atoms with E-state index in [-0.39, 0.29) is 40.6 Å². The first-order chi connectivity index (χ1) is 14.3. The van der Waals surface area contributed by atoms with Crippen LogP contribution in [0, 0.1) is 5.92 Å². The molecule has 2 atom stereocenters. The van der Waals surface area contributed by atoms with Crippen molar-refractivity contribution < 1.29 is 22.7 Å². The molecule has 0 bridgehead atoms. The molecular weight excluding hydrogens is 448 g/mol. The van der Waals surface area contributed by atoms with E-state index in [1.54, 1.807) is 4.90 Å². The molecule has 2 aromatic rings. The maximum absolute atomic E-state index is 12.9. The number of amides is 1. The fourth-order valence-electron chi connectivity index (χ4n) is 3.77. The zero-order valence-electron chi connectivity index (χ0n) is 16.3. The second kappa shape index (κ2) is 8.30. The number of halogens is 1. The van der Waals surface area contributed by atoms with Gasteiger partial charge in [-0.2, -0.15) is 4.31 Å². The van der Waals surface area contributed by atoms with E-state index >= 15 is 0 Å². The van der Waals surface area contributed by atoms with Gasteiger partial charge in [-0.05, 0) is 30.0 Å². The van der Waals surface area contributed by atoms with Gasteiger partial charge in [-0.25, -0.2) is 13.2 Å². The van der Waals surface area contributed by atoms with Crippen LogP contribution in [0.25, 0.3) is 0 Å². The van der Waals surface area contributed by atoms with Crippen LogP contribution in [0.1, 0.15) is 28.3 Å². The lowest BCUT2D eigenvalue weighted by molar-refractivity contribution is -0.133. The van der Waals surface area contributed by atoms with E-state index < -0.39 is 16.0 Å². The molecule has 1 aliphatic carbocycles. The summed E-state index contributed by atoms with van der Waals surface area (Å²) in [7, 11) is -2.46. The number of sulfonamides is 1. The summed E-state index contributed by atoms with van der Waals surface area (Å²) in [5.74, 6) is -0.467. The molecule has 4 rings (SSSR count). The van der Waals surface area contributed by atoms with Crippen molar-refractivity contribution in [1.29, 1.82) is 0 Å². The van der Waals surface area contributed by atoms with Crippen molar-refractivity contribution in [2.45, 2.75) is 16.5 Å². The molecule has 1 aromatic carbocycles. The molecular formula is C20H21ClN2O5S2. The van der Waals surface area contributed by atoms with Crippen molar-refractivity contribution in [2.24, 2.45) is 5.92 Å². The number of carbonyl (C=O) groups excluding carboxylic acids is 2. The molecule has 1 aromatic heterocycles. The van der Waals surface area contributed by atoms with Gasteiger partial charge in [0.1, 0.15) is 4.21 Å². The molecule has 0 radical (unpaired) electrons. The van der Waals surface area contributed by atoms with E-state index in [4.69, 9.17) is 11.6 Å². The first-order valence-electron chi connectivity index (χ1n) is 9.53. The largest absolute Gasteiger partial charge is 0.465 e. The van der Waals surface area contributed by atoms with Crippen LogP contribution < -0.4 is 0 Å². The van der Waals surface area contributed by atoms with Gasteiger partial charge in [0.05, 0.1) is 12.7 Å². The van der Waals surface area contributed by atoms with Crippen LogP contribution in [0.15, 0.2) is 39.9 Å². The van der Waals surface area contributed by atoms with Crippen molar-refractivity contribution >= 4 is 44.8 Å². The topological polar surface area (TPSA) is 84.0 Å². The quantitative estimate of drug-likeness (QED) is 0.630. The maximum atomic E-state index is 12.9. The van der Waals surface area contributed by atoms with E-state index in [9.17, 15) is 18.0 Å². The lowest BCUT2D eigenvalue weighted by Crippen LogP contribution is -2.50. The molecule has 2 fully saturated rings. The number of thiophene rings is 1. The molecule has 2 heterocycles. The number of nitrogens with zero attached hydrogens (tertiary/aromatic N) is 2. The van der Waals surface area contributed by atoms with Crippen molar-refractivity contribution in [1.82, 2.24) is 9.21 Å². The minimum Gasteiger partial charge on any atom is -0.465 e. The Morgan fingerprint density at radius 2 is 1.87 bits per heavy atom. The van der Waals surface area contributed by atoms with Crippen LogP contribution in [-0.2, 0) is 19.6 Å². The number of benzene rings is 1. The predicted octanol–water partition coefficient (Wildman–Crippen LogP) is 2.82. The Labute approximate surface area is 184 Å². The monoisotopic (exact) mass is 468 g/mol. The maximum Gasteiger partial charge on any atom is 0.338 e. The van der Waals surface area contributed by atoms with E-state index in [2.05, 4.69) is 4.74 Å². The number of hydrogen-bond donors (Lipinski definition) is 0. The third-order valence-corrected chi connectivity index (χ3v) is 9.21. The average Bonchev–Trinajstić information content (AvgIpc) is 3.38. The summed E-state index contributed by atoms with van der Waals surface area (Å²) >= 11 is 7.24. The average molecular weight is 469 g/mol. The second-order valence-electron chi connectivity index (χ2n) is 7.35. The number of ether oxygens (including phenoxy) is 1. The molecule has 1 saturated heterocycles. The first-order valence-corrected chi connectivity index (χ1v) is 12.2. The fraction of sp³-hybridized carbons (Fsp3) is 0.400. The van der Waals surface area contributed by atoms with E-state index in [0.717, 1.165) is 23.3 Å². The molecule has 0 spiro atoms. The molecule has 1 aliphatic heterocycles. The summed E-state index contributed by atoms with van der Waals surface area (Å²) in [6, 6.07) is 8.90. The summed E-state index contributed by atoms with van der Waals surface area (Å²) < 4.78 is 31.8. The summed E-state index contributed by atoms with van der Waals surface area (Å²) in [5, 5.41) is 2.15. The highest BCUT2D eigenvalue weighted by Gasteiger charge is 2.47. The highest BCUT2D eigenvalue weighted by molar-refractivity contribution is 7.91. The van der Waals surface area contributed by atoms with Crippen LogP contribution in [0.3, 0.4) is 0 Å². The normalized spacial score (nSPS) is 22.0. The second-order valence-corrected chi connectivity index (χ2v) is 10.8. The summed E-state index contributed by atoms with van der Waals surface area (Å²) in [6.07, 6.45) is 0.770. The third-order valence-electron chi connectivity index (χ3n) is 5.55. The number of esters is 1. The smallest absolute Gasteiger partial charge is 0.338 e. The fourth-order valence-corrected chi connectivity index (χ4v) is 6.77. The minimum absolute atomic E-state index is 0.0565. The van der Waals surface area contributed by atoms with Gasteiger partial charge >= 0.3 is 5.97 Å². The van der Waals surface area contributed by atoms with Gasteiger partial charge < -0.3 is 9.64 Å². The van der Waals surface area contributed by atoms with Gasteiger partial charge in [0.15, 0.2) is 0 Å². The Morgan fingerprint density at radius 3 is 2.53 bits per heavy atom. The van der Waals surface area contributed by atoms with Gasteiger partial charge in [0, 0.05) is 42.5 Å². The Morgan fingerprint density at radius 1 is 1.17 bits per heavy atom. The summed E-state index contributed by atoms with van der Waals surface area (Å²) in [4.78, 5) is 26.2. The first kappa shape index (κ1) is 21.3. The third kappa shape index (κ3) is 3.99. The molecule has 10 heteroatoms. The summed E-state index contributed by atoms with van der Waals surface area (Å²) in [6.45, 7) is 1.14. The van der Waals surface area contributed by atoms with E-state index in [0.29, 0.717) is 18.1 Å². The number of piperazine rings is 1. The molecule has 7 nitrogen and oxygen atoms in total. The van der Waals surface area contributed by atoms with E-state index in [1.807, 2.05) is 24.3 Å². The van der Waals surface area contributed by atoms with Crippen LogP contribution in [0.2, 0.25) is 5.02 Å². The lowest BCUT2D eigenvalue weighted by atomic mass is 10.1. The number of methoxy groups -OCH3 is 1. The zero-order valence-corrected chi connectivity index (χ0v) is 18.7.